The van der Waals surface area contributed by atoms with Gasteiger partial charge in [0.05, 0.1) is 26.3 Å². The Hall–Kier alpha value is -0.780. The summed E-state index contributed by atoms with van der Waals surface area (Å²) in [5.41, 5.74) is -0.360. The Kier molecular flexibility index (Phi) is 4.62. The molecule has 0 saturated heterocycles. The Morgan fingerprint density at radius 2 is 1.85 bits per heavy atom. The van der Waals surface area contributed by atoms with E-state index >= 15 is 0 Å². The third-order valence-electron chi connectivity index (χ3n) is 3.53. The summed E-state index contributed by atoms with van der Waals surface area (Å²) in [6.45, 7) is 0. The molecule has 4 nitrogen and oxygen atoms in total. The monoisotopic (exact) mass is 336 g/mol. The molecule has 110 valence electrons. The zero-order chi connectivity index (χ0) is 14.9. The summed E-state index contributed by atoms with van der Waals surface area (Å²) in [7, 11) is -3.60. The highest BCUT2D eigenvalue weighted by molar-refractivity contribution is 7.91. The smallest absolute Gasteiger partial charge is 0.338 e. The van der Waals surface area contributed by atoms with Gasteiger partial charge in [0.25, 0.3) is 0 Å². The summed E-state index contributed by atoms with van der Waals surface area (Å²) in [5, 5.41) is 8.69. The van der Waals surface area contributed by atoms with E-state index in [0.717, 1.165) is 25.7 Å². The Bertz CT molecular complexity index is 634. The minimum absolute atomic E-state index is 0.00735. The number of carbonyl (C=O) groups is 1. The summed E-state index contributed by atoms with van der Waals surface area (Å²) in [4.78, 5) is 11.0. The molecule has 1 aliphatic carbocycles. The molecule has 1 aliphatic rings. The third-order valence-corrected chi connectivity index (χ3v) is 6.27. The van der Waals surface area contributed by atoms with Crippen molar-refractivity contribution in [1.29, 1.82) is 0 Å². The van der Waals surface area contributed by atoms with Gasteiger partial charge in [-0.25, -0.2) is 13.2 Å². The maximum Gasteiger partial charge on any atom is 0.338 e. The second-order valence-electron chi connectivity index (χ2n) is 4.97. The Labute approximate surface area is 127 Å². The van der Waals surface area contributed by atoms with Crippen LogP contribution < -0.4 is 0 Å². The topological polar surface area (TPSA) is 71.4 Å². The van der Waals surface area contributed by atoms with Gasteiger partial charge in [0.15, 0.2) is 9.84 Å². The van der Waals surface area contributed by atoms with Gasteiger partial charge >= 0.3 is 5.97 Å². The first-order valence-electron chi connectivity index (χ1n) is 6.27. The molecule has 1 fully saturated rings. The number of halogens is 2. The molecule has 0 unspecified atom stereocenters. The molecule has 7 heteroatoms. The third kappa shape index (κ3) is 3.10. The van der Waals surface area contributed by atoms with Gasteiger partial charge in [0, 0.05) is 0 Å². The highest BCUT2D eigenvalue weighted by Crippen LogP contribution is 2.34. The summed E-state index contributed by atoms with van der Waals surface area (Å²) in [6.07, 6.45) is 3.84. The van der Waals surface area contributed by atoms with Gasteiger partial charge in [-0.15, -0.1) is 0 Å². The normalized spacial score (nSPS) is 16.5. The molecular formula is C13H14Cl2O4S. The largest absolute Gasteiger partial charge is 0.478 e. The second-order valence-corrected chi connectivity index (χ2v) is 7.76. The first-order valence-corrected chi connectivity index (χ1v) is 8.68. The number of sulfone groups is 1. The Morgan fingerprint density at radius 3 is 2.40 bits per heavy atom. The molecule has 20 heavy (non-hydrogen) atoms. The fourth-order valence-corrected chi connectivity index (χ4v) is 5.22. The van der Waals surface area contributed by atoms with Crippen molar-refractivity contribution in [2.24, 2.45) is 5.92 Å². The zero-order valence-corrected chi connectivity index (χ0v) is 12.9. The molecule has 1 aromatic rings. The zero-order valence-electron chi connectivity index (χ0n) is 10.6. The molecule has 1 saturated carbocycles. The van der Waals surface area contributed by atoms with Crippen LogP contribution in [-0.2, 0) is 9.84 Å². The molecule has 0 aliphatic heterocycles. The van der Waals surface area contributed by atoms with Gasteiger partial charge in [-0.1, -0.05) is 36.0 Å². The van der Waals surface area contributed by atoms with Crippen molar-refractivity contribution < 1.29 is 18.3 Å². The van der Waals surface area contributed by atoms with E-state index in [1.165, 1.54) is 12.1 Å². The highest BCUT2D eigenvalue weighted by Gasteiger charge is 2.28. The Balaban J connectivity index is 2.41. The summed E-state index contributed by atoms with van der Waals surface area (Å²) < 4.78 is 24.7. The number of benzene rings is 1. The maximum absolute atomic E-state index is 12.4. The van der Waals surface area contributed by atoms with E-state index in [4.69, 9.17) is 28.3 Å². The summed E-state index contributed by atoms with van der Waals surface area (Å²) in [5.74, 6) is -1.20. The lowest BCUT2D eigenvalue weighted by Crippen LogP contribution is -2.15. The van der Waals surface area contributed by atoms with Gasteiger partial charge in [0.2, 0.25) is 0 Å². The maximum atomic E-state index is 12.4. The van der Waals surface area contributed by atoms with Crippen LogP contribution >= 0.6 is 23.2 Å². The van der Waals surface area contributed by atoms with E-state index in [2.05, 4.69) is 0 Å². The molecule has 0 radical (unpaired) electrons. The number of rotatable bonds is 4. The van der Waals surface area contributed by atoms with Crippen LogP contribution in [0, 0.1) is 5.92 Å². The van der Waals surface area contributed by atoms with Gasteiger partial charge in [0.1, 0.15) is 0 Å². The first kappa shape index (κ1) is 15.6. The molecule has 0 bridgehead atoms. The van der Waals surface area contributed by atoms with Crippen LogP contribution in [0.25, 0.3) is 0 Å². The second kappa shape index (κ2) is 5.92. The van der Waals surface area contributed by atoms with Gasteiger partial charge in [-0.05, 0) is 30.9 Å². The van der Waals surface area contributed by atoms with E-state index in [1.54, 1.807) is 0 Å². The van der Waals surface area contributed by atoms with Crippen LogP contribution in [0.3, 0.4) is 0 Å². The molecule has 2 rings (SSSR count). The fraction of sp³-hybridized carbons (Fsp3) is 0.462. The SMILES string of the molecule is O=C(O)c1c(Cl)ccc(S(=O)(=O)CC2CCCC2)c1Cl. The van der Waals surface area contributed by atoms with E-state index in [-0.39, 0.29) is 32.2 Å². The molecule has 0 spiro atoms. The van der Waals surface area contributed by atoms with Crippen molar-refractivity contribution in [2.75, 3.05) is 5.75 Å². The summed E-state index contributed by atoms with van der Waals surface area (Å²) >= 11 is 11.7. The molecular weight excluding hydrogens is 323 g/mol. The molecule has 1 N–H and O–H groups in total. The van der Waals surface area contributed by atoms with Crippen molar-refractivity contribution in [3.8, 4) is 0 Å². The number of aromatic carboxylic acids is 1. The van der Waals surface area contributed by atoms with Crippen LogP contribution in [0.15, 0.2) is 17.0 Å². The van der Waals surface area contributed by atoms with Crippen molar-refractivity contribution in [3.63, 3.8) is 0 Å². The van der Waals surface area contributed by atoms with Crippen LogP contribution in [-0.4, -0.2) is 25.2 Å². The standard InChI is InChI=1S/C13H14Cl2O4S/c14-9-5-6-10(12(15)11(9)13(16)17)20(18,19)7-8-3-1-2-4-8/h5-6,8H,1-4,7H2,(H,16,17). The first-order chi connectivity index (χ1) is 9.33. The Morgan fingerprint density at radius 1 is 1.25 bits per heavy atom. The minimum atomic E-state index is -3.60. The van der Waals surface area contributed by atoms with Gasteiger partial charge in [-0.2, -0.15) is 0 Å². The van der Waals surface area contributed by atoms with Crippen LogP contribution in [0.2, 0.25) is 10.0 Å². The van der Waals surface area contributed by atoms with Crippen molar-refractivity contribution in [2.45, 2.75) is 30.6 Å². The van der Waals surface area contributed by atoms with E-state index in [0.29, 0.717) is 0 Å². The molecule has 1 aromatic carbocycles. The predicted octanol–water partition coefficient (Wildman–Crippen LogP) is 3.66. The number of carboxylic acids is 1. The van der Waals surface area contributed by atoms with E-state index in [9.17, 15) is 13.2 Å². The van der Waals surface area contributed by atoms with E-state index < -0.39 is 15.8 Å². The van der Waals surface area contributed by atoms with Crippen molar-refractivity contribution >= 4 is 39.0 Å². The van der Waals surface area contributed by atoms with Gasteiger partial charge in [-0.3, -0.25) is 0 Å². The van der Waals surface area contributed by atoms with Crippen molar-refractivity contribution in [1.82, 2.24) is 0 Å². The molecule has 0 atom stereocenters. The minimum Gasteiger partial charge on any atom is -0.478 e. The average Bonchev–Trinajstić information content (AvgIpc) is 2.79. The number of hydrogen-bond acceptors (Lipinski definition) is 3. The molecule has 0 heterocycles. The summed E-state index contributed by atoms with van der Waals surface area (Å²) in [6, 6.07) is 2.54. The van der Waals surface area contributed by atoms with E-state index in [1.807, 2.05) is 0 Å². The molecule has 0 amide bonds. The van der Waals surface area contributed by atoms with Crippen LogP contribution in [0.4, 0.5) is 0 Å². The predicted molar refractivity (Wildman–Crippen MR) is 77.4 cm³/mol. The van der Waals surface area contributed by atoms with Crippen LogP contribution in [0.5, 0.6) is 0 Å². The quantitative estimate of drug-likeness (QED) is 0.910. The van der Waals surface area contributed by atoms with Crippen LogP contribution in [0.1, 0.15) is 36.0 Å². The average molecular weight is 337 g/mol. The van der Waals surface area contributed by atoms with Gasteiger partial charge < -0.3 is 5.11 Å². The molecule has 0 aromatic heterocycles. The lowest BCUT2D eigenvalue weighted by atomic mass is 10.1. The fourth-order valence-electron chi connectivity index (χ4n) is 2.55. The highest BCUT2D eigenvalue weighted by atomic mass is 35.5. The number of hydrogen-bond donors (Lipinski definition) is 1. The number of carboxylic acid groups (broad SMARTS) is 1. The lowest BCUT2D eigenvalue weighted by molar-refractivity contribution is 0.0697. The lowest BCUT2D eigenvalue weighted by Gasteiger charge is -2.13. The van der Waals surface area contributed by atoms with Crippen molar-refractivity contribution in [3.05, 3.63) is 27.7 Å².